The summed E-state index contributed by atoms with van der Waals surface area (Å²) in [5.41, 5.74) is 0.0573. The normalized spacial score (nSPS) is 15.6. The number of carbonyl (C=O) groups is 1. The number of halogens is 3. The molecule has 0 saturated heterocycles. The lowest BCUT2D eigenvalue weighted by molar-refractivity contribution is 0.0963. The highest BCUT2D eigenvalue weighted by Crippen LogP contribution is 2.35. The largest absolute Gasteiger partial charge is 0.294 e. The molecule has 74 valence electrons. The number of hydrogen-bond acceptors (Lipinski definition) is 1. The molecule has 2 rings (SSSR count). The van der Waals surface area contributed by atoms with Gasteiger partial charge in [-0.05, 0) is 25.0 Å². The van der Waals surface area contributed by atoms with Gasteiger partial charge in [0.1, 0.15) is 0 Å². The number of ketones is 1. The Morgan fingerprint density at radius 3 is 2.57 bits per heavy atom. The van der Waals surface area contributed by atoms with Crippen molar-refractivity contribution in [3.63, 3.8) is 0 Å². The summed E-state index contributed by atoms with van der Waals surface area (Å²) >= 11 is 11.2. The van der Waals surface area contributed by atoms with Crippen molar-refractivity contribution in [2.45, 2.75) is 12.8 Å². The van der Waals surface area contributed by atoms with E-state index in [1.807, 2.05) is 0 Å². The molecule has 0 amide bonds. The number of benzene rings is 1. The highest BCUT2D eigenvalue weighted by molar-refractivity contribution is 6.42. The first-order valence-electron chi connectivity index (χ1n) is 4.29. The van der Waals surface area contributed by atoms with E-state index < -0.39 is 5.82 Å². The lowest BCUT2D eigenvalue weighted by atomic mass is 10.1. The zero-order chi connectivity index (χ0) is 10.3. The van der Waals surface area contributed by atoms with Crippen LogP contribution in [0.4, 0.5) is 4.39 Å². The Morgan fingerprint density at radius 2 is 2.00 bits per heavy atom. The average Bonchev–Trinajstić information content (AvgIpc) is 2.97. The van der Waals surface area contributed by atoms with Crippen LogP contribution in [0.5, 0.6) is 0 Å². The molecule has 1 saturated carbocycles. The molecule has 1 aliphatic carbocycles. The van der Waals surface area contributed by atoms with Crippen molar-refractivity contribution < 1.29 is 9.18 Å². The maximum atomic E-state index is 13.5. The molecular weight excluding hydrogens is 226 g/mol. The highest BCUT2D eigenvalue weighted by Gasteiger charge is 2.32. The molecule has 0 bridgehead atoms. The van der Waals surface area contributed by atoms with Crippen LogP contribution in [-0.2, 0) is 0 Å². The Hall–Kier alpha value is -0.600. The SMILES string of the molecule is O=C(c1ccc(Cl)c(Cl)c1F)C1CC1. The Morgan fingerprint density at radius 1 is 1.36 bits per heavy atom. The van der Waals surface area contributed by atoms with Crippen molar-refractivity contribution in [3.05, 3.63) is 33.6 Å². The van der Waals surface area contributed by atoms with E-state index in [-0.39, 0.29) is 27.3 Å². The van der Waals surface area contributed by atoms with Crippen molar-refractivity contribution in [3.8, 4) is 0 Å². The molecule has 1 fully saturated rings. The van der Waals surface area contributed by atoms with E-state index in [4.69, 9.17) is 23.2 Å². The number of carbonyl (C=O) groups excluding carboxylic acids is 1. The molecule has 0 N–H and O–H groups in total. The van der Waals surface area contributed by atoms with Crippen LogP contribution in [0.2, 0.25) is 10.0 Å². The van der Waals surface area contributed by atoms with Crippen LogP contribution in [-0.4, -0.2) is 5.78 Å². The zero-order valence-corrected chi connectivity index (χ0v) is 8.70. The van der Waals surface area contributed by atoms with Crippen molar-refractivity contribution in [2.75, 3.05) is 0 Å². The standard InChI is InChI=1S/C10H7Cl2FO/c11-7-4-3-6(9(13)8(7)12)10(14)5-1-2-5/h3-5H,1-2H2. The van der Waals surface area contributed by atoms with Gasteiger partial charge in [-0.25, -0.2) is 4.39 Å². The van der Waals surface area contributed by atoms with Gasteiger partial charge in [-0.3, -0.25) is 4.79 Å². The molecule has 0 aromatic heterocycles. The van der Waals surface area contributed by atoms with Gasteiger partial charge in [0.25, 0.3) is 0 Å². The predicted octanol–water partition coefficient (Wildman–Crippen LogP) is 3.73. The third-order valence-corrected chi connectivity index (χ3v) is 3.03. The van der Waals surface area contributed by atoms with E-state index >= 15 is 0 Å². The molecular formula is C10H7Cl2FO. The quantitative estimate of drug-likeness (QED) is 0.561. The number of hydrogen-bond donors (Lipinski definition) is 0. The topological polar surface area (TPSA) is 17.1 Å². The highest BCUT2D eigenvalue weighted by atomic mass is 35.5. The van der Waals surface area contributed by atoms with Gasteiger partial charge in [0.05, 0.1) is 15.6 Å². The summed E-state index contributed by atoms with van der Waals surface area (Å²) in [5, 5.41) is -0.0327. The van der Waals surface area contributed by atoms with E-state index in [9.17, 15) is 9.18 Å². The third kappa shape index (κ3) is 1.64. The molecule has 0 spiro atoms. The van der Waals surface area contributed by atoms with Crippen molar-refractivity contribution >= 4 is 29.0 Å². The van der Waals surface area contributed by atoms with Gasteiger partial charge in [-0.2, -0.15) is 0 Å². The molecule has 0 heterocycles. The van der Waals surface area contributed by atoms with Gasteiger partial charge in [0.15, 0.2) is 11.6 Å². The average molecular weight is 233 g/mol. The van der Waals surface area contributed by atoms with Crippen LogP contribution in [0.15, 0.2) is 12.1 Å². The fourth-order valence-corrected chi connectivity index (χ4v) is 1.59. The molecule has 0 radical (unpaired) electrons. The Kier molecular flexibility index (Phi) is 2.50. The first-order valence-corrected chi connectivity index (χ1v) is 5.04. The molecule has 1 nitrogen and oxygen atoms in total. The summed E-state index contributed by atoms with van der Waals surface area (Å²) in [6.07, 6.45) is 1.69. The minimum absolute atomic E-state index is 0.0123. The van der Waals surface area contributed by atoms with Crippen molar-refractivity contribution in [1.29, 1.82) is 0 Å². The Labute approximate surface area is 90.8 Å². The second-order valence-electron chi connectivity index (χ2n) is 3.36. The summed E-state index contributed by atoms with van der Waals surface area (Å²) in [6, 6.07) is 2.84. The maximum Gasteiger partial charge on any atom is 0.168 e. The summed E-state index contributed by atoms with van der Waals surface area (Å²) in [7, 11) is 0. The van der Waals surface area contributed by atoms with Gasteiger partial charge < -0.3 is 0 Å². The summed E-state index contributed by atoms with van der Waals surface area (Å²) < 4.78 is 13.5. The molecule has 0 atom stereocenters. The van der Waals surface area contributed by atoms with Crippen LogP contribution < -0.4 is 0 Å². The van der Waals surface area contributed by atoms with E-state index in [0.717, 1.165) is 12.8 Å². The summed E-state index contributed by atoms with van der Waals surface area (Å²) in [6.45, 7) is 0. The molecule has 1 aromatic carbocycles. The van der Waals surface area contributed by atoms with E-state index in [2.05, 4.69) is 0 Å². The van der Waals surface area contributed by atoms with Gasteiger partial charge in [0, 0.05) is 5.92 Å². The Balaban J connectivity index is 2.43. The van der Waals surface area contributed by atoms with E-state index in [1.54, 1.807) is 0 Å². The molecule has 0 aliphatic heterocycles. The second-order valence-corrected chi connectivity index (χ2v) is 4.15. The van der Waals surface area contributed by atoms with Gasteiger partial charge in [-0.15, -0.1) is 0 Å². The minimum Gasteiger partial charge on any atom is -0.294 e. The predicted molar refractivity (Wildman–Crippen MR) is 53.5 cm³/mol. The van der Waals surface area contributed by atoms with Crippen molar-refractivity contribution in [1.82, 2.24) is 0 Å². The third-order valence-electron chi connectivity index (χ3n) is 2.25. The zero-order valence-electron chi connectivity index (χ0n) is 7.19. The maximum absolute atomic E-state index is 13.5. The molecule has 1 aliphatic rings. The number of rotatable bonds is 2. The molecule has 1 aromatic rings. The molecule has 14 heavy (non-hydrogen) atoms. The summed E-state index contributed by atoms with van der Waals surface area (Å²) in [5.74, 6) is -0.876. The first kappa shape index (κ1) is 9.94. The van der Waals surface area contributed by atoms with Crippen LogP contribution in [0.1, 0.15) is 23.2 Å². The number of Topliss-reactive ketones (excluding diaryl/α,β-unsaturated/α-hetero) is 1. The van der Waals surface area contributed by atoms with Crippen LogP contribution in [0, 0.1) is 11.7 Å². The monoisotopic (exact) mass is 232 g/mol. The summed E-state index contributed by atoms with van der Waals surface area (Å²) in [4.78, 5) is 11.5. The lowest BCUT2D eigenvalue weighted by Gasteiger charge is -2.03. The fraction of sp³-hybridized carbons (Fsp3) is 0.300. The molecule has 4 heteroatoms. The smallest absolute Gasteiger partial charge is 0.168 e. The van der Waals surface area contributed by atoms with Crippen molar-refractivity contribution in [2.24, 2.45) is 5.92 Å². The van der Waals surface area contributed by atoms with E-state index in [1.165, 1.54) is 12.1 Å². The van der Waals surface area contributed by atoms with Gasteiger partial charge in [0.2, 0.25) is 0 Å². The van der Waals surface area contributed by atoms with Crippen LogP contribution in [0.3, 0.4) is 0 Å². The van der Waals surface area contributed by atoms with Crippen LogP contribution >= 0.6 is 23.2 Å². The minimum atomic E-state index is -0.698. The lowest BCUT2D eigenvalue weighted by Crippen LogP contribution is -2.04. The van der Waals surface area contributed by atoms with E-state index in [0.29, 0.717) is 0 Å². The van der Waals surface area contributed by atoms with Gasteiger partial charge in [-0.1, -0.05) is 23.2 Å². The first-order chi connectivity index (χ1) is 6.61. The van der Waals surface area contributed by atoms with Gasteiger partial charge >= 0.3 is 0 Å². The Bertz CT molecular complexity index is 399. The second kappa shape index (κ2) is 3.52. The fourth-order valence-electron chi connectivity index (χ4n) is 1.28. The van der Waals surface area contributed by atoms with Crippen LogP contribution in [0.25, 0.3) is 0 Å². The molecule has 0 unspecified atom stereocenters.